The summed E-state index contributed by atoms with van der Waals surface area (Å²) in [4.78, 5) is 8.43. The molecule has 0 saturated carbocycles. The second kappa shape index (κ2) is 10.1. The average Bonchev–Trinajstić information content (AvgIpc) is 2.65. The summed E-state index contributed by atoms with van der Waals surface area (Å²) in [7, 11) is -3.56. The number of hydrogen-bond acceptors (Lipinski definition) is 4. The molecule has 9 heteroatoms. The highest BCUT2D eigenvalue weighted by Gasteiger charge is 2.12. The first-order chi connectivity index (χ1) is 12.5. The summed E-state index contributed by atoms with van der Waals surface area (Å²) in [5.74, 6) is 0.614. The normalized spacial score (nSPS) is 12.0. The van der Waals surface area contributed by atoms with Crippen LogP contribution in [0.2, 0.25) is 5.02 Å². The molecule has 0 bridgehead atoms. The van der Waals surface area contributed by atoms with E-state index in [0.29, 0.717) is 30.6 Å². The van der Waals surface area contributed by atoms with Crippen molar-refractivity contribution in [3.05, 3.63) is 59.4 Å². The number of aromatic nitrogens is 1. The highest BCUT2D eigenvalue weighted by molar-refractivity contribution is 7.89. The van der Waals surface area contributed by atoms with Gasteiger partial charge >= 0.3 is 0 Å². The molecule has 0 spiro atoms. The van der Waals surface area contributed by atoms with Crippen LogP contribution in [0.25, 0.3) is 0 Å². The number of halogens is 1. The fourth-order valence-corrected chi connectivity index (χ4v) is 3.18. The van der Waals surface area contributed by atoms with Crippen molar-refractivity contribution in [1.82, 2.24) is 20.3 Å². The van der Waals surface area contributed by atoms with E-state index in [1.807, 2.05) is 31.2 Å². The van der Waals surface area contributed by atoms with E-state index in [4.69, 9.17) is 11.6 Å². The third-order valence-corrected chi connectivity index (χ3v) is 5.03. The van der Waals surface area contributed by atoms with Gasteiger partial charge in [-0.05, 0) is 36.8 Å². The zero-order chi connectivity index (χ0) is 18.8. The molecule has 0 saturated heterocycles. The van der Waals surface area contributed by atoms with Crippen molar-refractivity contribution in [2.24, 2.45) is 4.99 Å². The Morgan fingerprint density at radius 3 is 2.58 bits per heavy atom. The largest absolute Gasteiger partial charge is 0.357 e. The Bertz CT molecular complexity index is 811. The van der Waals surface area contributed by atoms with Crippen molar-refractivity contribution in [2.45, 2.75) is 18.4 Å². The van der Waals surface area contributed by atoms with Gasteiger partial charge in [-0.3, -0.25) is 4.98 Å². The van der Waals surface area contributed by atoms with Gasteiger partial charge in [-0.2, -0.15) is 0 Å². The van der Waals surface area contributed by atoms with Gasteiger partial charge in [-0.25, -0.2) is 18.1 Å². The average molecular weight is 396 g/mol. The third kappa shape index (κ3) is 6.62. The zero-order valence-electron chi connectivity index (χ0n) is 14.4. The van der Waals surface area contributed by atoms with Crippen LogP contribution in [0.4, 0.5) is 0 Å². The lowest BCUT2D eigenvalue weighted by molar-refractivity contribution is 0.580. The smallest absolute Gasteiger partial charge is 0.242 e. The summed E-state index contributed by atoms with van der Waals surface area (Å²) in [6, 6.07) is 10.6. The standard InChI is InChI=1S/C17H22ClN5O2S/c1-2-20-17(22-12-14-5-7-15(18)8-6-14)21-10-11-23-26(24,25)16-4-3-9-19-13-16/h3-9,13,23H,2,10-12H2,1H3,(H2,20,21,22). The first-order valence-corrected chi connectivity index (χ1v) is 10.0. The first-order valence-electron chi connectivity index (χ1n) is 8.17. The third-order valence-electron chi connectivity index (χ3n) is 3.33. The Labute approximate surface area is 159 Å². The van der Waals surface area contributed by atoms with Crippen molar-refractivity contribution in [2.75, 3.05) is 19.6 Å². The second-order valence-corrected chi connectivity index (χ2v) is 7.54. The molecule has 140 valence electrons. The van der Waals surface area contributed by atoms with E-state index in [0.717, 1.165) is 5.56 Å². The van der Waals surface area contributed by atoms with Crippen LogP contribution in [-0.2, 0) is 16.6 Å². The van der Waals surface area contributed by atoms with Crippen LogP contribution >= 0.6 is 11.6 Å². The number of guanidine groups is 1. The zero-order valence-corrected chi connectivity index (χ0v) is 16.0. The highest BCUT2D eigenvalue weighted by Crippen LogP contribution is 2.10. The van der Waals surface area contributed by atoms with Crippen LogP contribution < -0.4 is 15.4 Å². The van der Waals surface area contributed by atoms with Crippen LogP contribution in [0.5, 0.6) is 0 Å². The molecule has 0 radical (unpaired) electrons. The van der Waals surface area contributed by atoms with Gasteiger partial charge in [-0.1, -0.05) is 23.7 Å². The maximum Gasteiger partial charge on any atom is 0.242 e. The lowest BCUT2D eigenvalue weighted by atomic mass is 10.2. The first kappa shape index (κ1) is 20.2. The molecule has 0 aliphatic rings. The molecule has 1 aromatic heterocycles. The van der Waals surface area contributed by atoms with Crippen LogP contribution in [0.15, 0.2) is 58.7 Å². The summed E-state index contributed by atoms with van der Waals surface area (Å²) < 4.78 is 26.7. The molecule has 0 aliphatic heterocycles. The Morgan fingerprint density at radius 1 is 1.15 bits per heavy atom. The molecule has 0 amide bonds. The minimum absolute atomic E-state index is 0.142. The van der Waals surface area contributed by atoms with Crippen LogP contribution in [-0.4, -0.2) is 39.0 Å². The molecule has 3 N–H and O–H groups in total. The predicted molar refractivity (Wildman–Crippen MR) is 104 cm³/mol. The van der Waals surface area contributed by atoms with Gasteiger partial charge in [0, 0.05) is 37.1 Å². The van der Waals surface area contributed by atoms with E-state index in [-0.39, 0.29) is 11.4 Å². The van der Waals surface area contributed by atoms with Gasteiger partial charge in [0.25, 0.3) is 0 Å². The molecular weight excluding hydrogens is 374 g/mol. The molecule has 1 aromatic carbocycles. The Balaban J connectivity index is 1.84. The van der Waals surface area contributed by atoms with Gasteiger partial charge < -0.3 is 10.6 Å². The Morgan fingerprint density at radius 2 is 1.92 bits per heavy atom. The van der Waals surface area contributed by atoms with E-state index in [1.165, 1.54) is 18.5 Å². The quantitative estimate of drug-likeness (QED) is 0.359. The summed E-state index contributed by atoms with van der Waals surface area (Å²) in [5, 5.41) is 6.90. The number of rotatable bonds is 8. The fourth-order valence-electron chi connectivity index (χ4n) is 2.06. The van der Waals surface area contributed by atoms with Gasteiger partial charge in [-0.15, -0.1) is 0 Å². The summed E-state index contributed by atoms with van der Waals surface area (Å²) >= 11 is 5.87. The lowest BCUT2D eigenvalue weighted by Crippen LogP contribution is -2.41. The number of nitrogens with zero attached hydrogens (tertiary/aromatic N) is 2. The van der Waals surface area contributed by atoms with Crippen LogP contribution in [0, 0.1) is 0 Å². The summed E-state index contributed by atoms with van der Waals surface area (Å²) in [6.45, 7) is 3.78. The van der Waals surface area contributed by atoms with Gasteiger partial charge in [0.1, 0.15) is 4.90 Å². The van der Waals surface area contributed by atoms with Gasteiger partial charge in [0.15, 0.2) is 5.96 Å². The molecular formula is C17H22ClN5O2S. The van der Waals surface area contributed by atoms with Crippen LogP contribution in [0.1, 0.15) is 12.5 Å². The van der Waals surface area contributed by atoms with Crippen molar-refractivity contribution in [1.29, 1.82) is 0 Å². The SMILES string of the molecule is CCNC(=NCc1ccc(Cl)cc1)NCCNS(=O)(=O)c1cccnc1. The number of hydrogen-bond donors (Lipinski definition) is 3. The van der Waals surface area contributed by atoms with E-state index < -0.39 is 10.0 Å². The highest BCUT2D eigenvalue weighted by atomic mass is 35.5. The van der Waals surface area contributed by atoms with Crippen molar-refractivity contribution in [3.8, 4) is 0 Å². The molecule has 1 heterocycles. The maximum atomic E-state index is 12.1. The molecule has 0 fully saturated rings. The number of sulfonamides is 1. The van der Waals surface area contributed by atoms with Gasteiger partial charge in [0.05, 0.1) is 6.54 Å². The molecule has 2 rings (SSSR count). The Kier molecular flexibility index (Phi) is 7.83. The summed E-state index contributed by atoms with van der Waals surface area (Å²) in [6.07, 6.45) is 2.84. The summed E-state index contributed by atoms with van der Waals surface area (Å²) in [5.41, 5.74) is 1.03. The number of pyridine rings is 1. The van der Waals surface area contributed by atoms with Crippen LogP contribution in [0.3, 0.4) is 0 Å². The van der Waals surface area contributed by atoms with Crippen molar-refractivity contribution >= 4 is 27.6 Å². The predicted octanol–water partition coefficient (Wildman–Crippen LogP) is 1.77. The lowest BCUT2D eigenvalue weighted by Gasteiger charge is -2.12. The molecule has 0 aliphatic carbocycles. The number of benzene rings is 1. The topological polar surface area (TPSA) is 95.5 Å². The molecule has 2 aromatic rings. The minimum Gasteiger partial charge on any atom is -0.357 e. The number of aliphatic imine (C=N–C) groups is 1. The van der Waals surface area contributed by atoms with Gasteiger partial charge in [0.2, 0.25) is 10.0 Å². The van der Waals surface area contributed by atoms with E-state index in [1.54, 1.807) is 6.07 Å². The minimum atomic E-state index is -3.56. The fraction of sp³-hybridized carbons (Fsp3) is 0.294. The van der Waals surface area contributed by atoms with E-state index >= 15 is 0 Å². The maximum absolute atomic E-state index is 12.1. The second-order valence-electron chi connectivity index (χ2n) is 5.33. The van der Waals surface area contributed by atoms with Crippen molar-refractivity contribution < 1.29 is 8.42 Å². The molecule has 0 atom stereocenters. The molecule has 0 unspecified atom stereocenters. The van der Waals surface area contributed by atoms with E-state index in [9.17, 15) is 8.42 Å². The number of nitrogens with one attached hydrogen (secondary N) is 3. The molecule has 7 nitrogen and oxygen atoms in total. The molecule has 26 heavy (non-hydrogen) atoms. The monoisotopic (exact) mass is 395 g/mol. The Hall–Kier alpha value is -2.16. The van der Waals surface area contributed by atoms with Crippen molar-refractivity contribution in [3.63, 3.8) is 0 Å². The van der Waals surface area contributed by atoms with E-state index in [2.05, 4.69) is 25.3 Å².